The first-order valence-corrected chi connectivity index (χ1v) is 3.32. The summed E-state index contributed by atoms with van der Waals surface area (Å²) in [4.78, 5) is 0. The molecule has 0 N–H and O–H groups in total. The van der Waals surface area contributed by atoms with E-state index >= 15 is 0 Å². The Morgan fingerprint density at radius 1 is 1.44 bits per heavy atom. The molecule has 0 saturated heterocycles. The Kier molecular flexibility index (Phi) is 5.18. The second-order valence-electron chi connectivity index (χ2n) is 1.80. The molecule has 0 aromatic rings. The van der Waals surface area contributed by atoms with Gasteiger partial charge in [-0.1, -0.05) is 26.0 Å². The maximum Gasteiger partial charge on any atom is 0.0996 e. The summed E-state index contributed by atoms with van der Waals surface area (Å²) < 4.78 is 12.3. The average Bonchev–Trinajstić information content (AvgIpc) is 1.89. The molecular formula is C8H13F. The molecule has 0 heterocycles. The standard InChI is InChI=1S/C8H13F/c1-3-5-6-7-8(9)4-2/h5-7H,3-4H2,1-2H3/b6-5+,8-7+. The first-order chi connectivity index (χ1) is 4.31. The predicted molar refractivity (Wildman–Crippen MR) is 38.9 cm³/mol. The first-order valence-electron chi connectivity index (χ1n) is 3.32. The normalized spacial score (nSPS) is 13.0. The van der Waals surface area contributed by atoms with Crippen LogP contribution in [-0.2, 0) is 0 Å². The molecule has 0 aliphatic heterocycles. The summed E-state index contributed by atoms with van der Waals surface area (Å²) in [7, 11) is 0. The summed E-state index contributed by atoms with van der Waals surface area (Å²) in [5.41, 5.74) is 0. The maximum absolute atomic E-state index is 12.3. The van der Waals surface area contributed by atoms with Gasteiger partial charge in [0.25, 0.3) is 0 Å². The summed E-state index contributed by atoms with van der Waals surface area (Å²) in [6.07, 6.45) is 6.64. The van der Waals surface area contributed by atoms with Gasteiger partial charge in [0, 0.05) is 0 Å². The van der Waals surface area contributed by atoms with Crippen LogP contribution in [0.3, 0.4) is 0 Å². The molecule has 0 fully saturated rings. The first kappa shape index (κ1) is 8.41. The van der Waals surface area contributed by atoms with Crippen molar-refractivity contribution in [2.75, 3.05) is 0 Å². The van der Waals surface area contributed by atoms with E-state index in [-0.39, 0.29) is 5.83 Å². The van der Waals surface area contributed by atoms with Gasteiger partial charge in [-0.15, -0.1) is 0 Å². The Labute approximate surface area is 56.1 Å². The van der Waals surface area contributed by atoms with Crippen molar-refractivity contribution in [1.82, 2.24) is 0 Å². The van der Waals surface area contributed by atoms with Crippen molar-refractivity contribution in [3.8, 4) is 0 Å². The van der Waals surface area contributed by atoms with Crippen molar-refractivity contribution in [3.63, 3.8) is 0 Å². The number of halogens is 1. The van der Waals surface area contributed by atoms with Crippen molar-refractivity contribution in [3.05, 3.63) is 24.1 Å². The Morgan fingerprint density at radius 2 is 2.11 bits per heavy atom. The minimum absolute atomic E-state index is 0.0558. The second kappa shape index (κ2) is 5.54. The van der Waals surface area contributed by atoms with Crippen molar-refractivity contribution in [2.24, 2.45) is 0 Å². The fourth-order valence-electron chi connectivity index (χ4n) is 0.426. The lowest BCUT2D eigenvalue weighted by molar-refractivity contribution is 0.604. The van der Waals surface area contributed by atoms with Gasteiger partial charge < -0.3 is 0 Å². The summed E-state index contributed by atoms with van der Waals surface area (Å²) in [6, 6.07) is 0. The number of rotatable bonds is 3. The molecule has 0 aromatic carbocycles. The summed E-state index contributed by atoms with van der Waals surface area (Å²) in [6.45, 7) is 3.82. The van der Waals surface area contributed by atoms with Crippen LogP contribution < -0.4 is 0 Å². The molecule has 0 spiro atoms. The fraction of sp³-hybridized carbons (Fsp3) is 0.500. The highest BCUT2D eigenvalue weighted by molar-refractivity contribution is 5.06. The van der Waals surface area contributed by atoms with Gasteiger partial charge in [-0.3, -0.25) is 0 Å². The predicted octanol–water partition coefficient (Wildman–Crippen LogP) is 3.22. The van der Waals surface area contributed by atoms with Gasteiger partial charge in [0.2, 0.25) is 0 Å². The molecule has 0 unspecified atom stereocenters. The van der Waals surface area contributed by atoms with Gasteiger partial charge >= 0.3 is 0 Å². The Balaban J connectivity index is 3.55. The van der Waals surface area contributed by atoms with E-state index in [4.69, 9.17) is 0 Å². The SMILES string of the molecule is CC/C=C/C=C(/F)CC. The van der Waals surface area contributed by atoms with E-state index < -0.39 is 0 Å². The van der Waals surface area contributed by atoms with Crippen LogP contribution in [0.15, 0.2) is 24.1 Å². The van der Waals surface area contributed by atoms with E-state index in [1.54, 1.807) is 13.0 Å². The highest BCUT2D eigenvalue weighted by Crippen LogP contribution is 2.00. The molecule has 0 aliphatic rings. The summed E-state index contributed by atoms with van der Waals surface area (Å²) in [5, 5.41) is 0. The second-order valence-corrected chi connectivity index (χ2v) is 1.80. The van der Waals surface area contributed by atoms with Gasteiger partial charge in [0.15, 0.2) is 0 Å². The Bertz CT molecular complexity index is 112. The smallest absolute Gasteiger partial charge is 0.0996 e. The summed E-state index contributed by atoms with van der Waals surface area (Å²) in [5.74, 6) is -0.0558. The van der Waals surface area contributed by atoms with Crippen LogP contribution in [0, 0.1) is 0 Å². The molecule has 9 heavy (non-hydrogen) atoms. The third kappa shape index (κ3) is 5.28. The molecule has 0 nitrogen and oxygen atoms in total. The fourth-order valence-corrected chi connectivity index (χ4v) is 0.426. The van der Waals surface area contributed by atoms with E-state index in [2.05, 4.69) is 0 Å². The van der Waals surface area contributed by atoms with E-state index in [9.17, 15) is 4.39 Å². The minimum atomic E-state index is -0.0558. The maximum atomic E-state index is 12.3. The number of hydrogen-bond donors (Lipinski definition) is 0. The van der Waals surface area contributed by atoms with E-state index in [0.717, 1.165) is 6.42 Å². The monoisotopic (exact) mass is 128 g/mol. The highest BCUT2D eigenvalue weighted by atomic mass is 19.1. The van der Waals surface area contributed by atoms with E-state index in [0.29, 0.717) is 6.42 Å². The molecule has 1 heteroatoms. The highest BCUT2D eigenvalue weighted by Gasteiger charge is 1.82. The average molecular weight is 128 g/mol. The lowest BCUT2D eigenvalue weighted by atomic mass is 10.3. The quantitative estimate of drug-likeness (QED) is 0.512. The largest absolute Gasteiger partial charge is 0.212 e. The molecule has 0 bridgehead atoms. The van der Waals surface area contributed by atoms with Crippen molar-refractivity contribution in [2.45, 2.75) is 26.7 Å². The van der Waals surface area contributed by atoms with Gasteiger partial charge in [0.1, 0.15) is 0 Å². The third-order valence-corrected chi connectivity index (χ3v) is 0.987. The zero-order valence-corrected chi connectivity index (χ0v) is 6.02. The number of allylic oxidation sites excluding steroid dienone is 4. The molecule has 0 aliphatic carbocycles. The van der Waals surface area contributed by atoms with Gasteiger partial charge in [-0.25, -0.2) is 4.39 Å². The molecule has 0 atom stereocenters. The zero-order valence-electron chi connectivity index (χ0n) is 6.02. The molecule has 0 radical (unpaired) electrons. The van der Waals surface area contributed by atoms with E-state index in [1.165, 1.54) is 6.08 Å². The van der Waals surface area contributed by atoms with Crippen LogP contribution in [0.4, 0.5) is 4.39 Å². The molecule has 0 amide bonds. The van der Waals surface area contributed by atoms with Crippen LogP contribution in [0.1, 0.15) is 26.7 Å². The van der Waals surface area contributed by atoms with Crippen molar-refractivity contribution >= 4 is 0 Å². The van der Waals surface area contributed by atoms with Gasteiger partial charge in [-0.2, -0.15) is 0 Å². The minimum Gasteiger partial charge on any atom is -0.212 e. The molecule has 0 aromatic heterocycles. The lowest BCUT2D eigenvalue weighted by Gasteiger charge is -1.83. The topological polar surface area (TPSA) is 0 Å². The van der Waals surface area contributed by atoms with Crippen LogP contribution in [0.5, 0.6) is 0 Å². The van der Waals surface area contributed by atoms with Gasteiger partial charge in [0.05, 0.1) is 5.83 Å². The van der Waals surface area contributed by atoms with Gasteiger partial charge in [-0.05, 0) is 18.9 Å². The van der Waals surface area contributed by atoms with Crippen LogP contribution >= 0.6 is 0 Å². The third-order valence-electron chi connectivity index (χ3n) is 0.987. The number of hydrogen-bond acceptors (Lipinski definition) is 0. The van der Waals surface area contributed by atoms with Crippen molar-refractivity contribution < 1.29 is 4.39 Å². The zero-order chi connectivity index (χ0) is 7.11. The van der Waals surface area contributed by atoms with E-state index in [1.807, 2.05) is 13.0 Å². The summed E-state index contributed by atoms with van der Waals surface area (Å²) >= 11 is 0. The van der Waals surface area contributed by atoms with Crippen LogP contribution in [-0.4, -0.2) is 0 Å². The van der Waals surface area contributed by atoms with Crippen molar-refractivity contribution in [1.29, 1.82) is 0 Å². The Morgan fingerprint density at radius 3 is 2.56 bits per heavy atom. The van der Waals surface area contributed by atoms with Crippen LogP contribution in [0.25, 0.3) is 0 Å². The molecule has 0 rings (SSSR count). The Hall–Kier alpha value is -0.590. The molecular weight excluding hydrogens is 115 g/mol. The van der Waals surface area contributed by atoms with Crippen LogP contribution in [0.2, 0.25) is 0 Å². The lowest BCUT2D eigenvalue weighted by Crippen LogP contribution is -1.64. The molecule has 52 valence electrons. The molecule has 0 saturated carbocycles.